The molecule has 0 aliphatic carbocycles. The molecule has 6 heteroatoms. The summed E-state index contributed by atoms with van der Waals surface area (Å²) in [4.78, 5) is 26.4. The summed E-state index contributed by atoms with van der Waals surface area (Å²) >= 11 is 0. The Morgan fingerprint density at radius 2 is 0.652 bits per heavy atom. The van der Waals surface area contributed by atoms with Gasteiger partial charge in [0.25, 0.3) is 0 Å². The maximum atomic E-state index is 13.2. The number of fused-ring (bicyclic) bond motifs is 2. The summed E-state index contributed by atoms with van der Waals surface area (Å²) in [5.41, 5.74) is 2.07. The van der Waals surface area contributed by atoms with Crippen molar-refractivity contribution in [2.75, 3.05) is 23.8 Å². The molecule has 0 saturated heterocycles. The zero-order valence-corrected chi connectivity index (χ0v) is 41.8. The highest BCUT2D eigenvalue weighted by molar-refractivity contribution is 5.98. The van der Waals surface area contributed by atoms with Crippen LogP contribution in [0.1, 0.15) is 219 Å². The SMILES string of the molecule is C=C(COc1cc2ccccc2cc1NC(=O)CCCCCCCCCCCCCCCCC)COc1cc2ccccc2cc1NC(=O)CCCCCCCCCCCCCCCCC. The number of rotatable bonds is 40. The molecule has 6 nitrogen and oxygen atoms in total. The first-order valence-electron chi connectivity index (χ1n) is 27.0. The molecule has 364 valence electrons. The van der Waals surface area contributed by atoms with Crippen molar-refractivity contribution in [3.8, 4) is 11.5 Å². The van der Waals surface area contributed by atoms with Gasteiger partial charge in [-0.25, -0.2) is 0 Å². The molecule has 2 amide bonds. The molecule has 0 aromatic heterocycles. The molecule has 4 aromatic carbocycles. The van der Waals surface area contributed by atoms with Crippen LogP contribution in [0.2, 0.25) is 0 Å². The molecule has 0 aliphatic rings. The van der Waals surface area contributed by atoms with Crippen LogP contribution in [0, 0.1) is 0 Å². The lowest BCUT2D eigenvalue weighted by molar-refractivity contribution is -0.117. The third-order valence-corrected chi connectivity index (χ3v) is 13.1. The lowest BCUT2D eigenvalue weighted by Gasteiger charge is -2.17. The molecule has 4 aromatic rings. The Kier molecular flexibility index (Phi) is 28.7. The molecule has 0 spiro atoms. The van der Waals surface area contributed by atoms with E-state index in [-0.39, 0.29) is 25.0 Å². The van der Waals surface area contributed by atoms with Gasteiger partial charge in [-0.1, -0.05) is 249 Å². The first-order valence-corrected chi connectivity index (χ1v) is 27.0. The second-order valence-electron chi connectivity index (χ2n) is 19.2. The molecule has 0 bridgehead atoms. The van der Waals surface area contributed by atoms with Crippen LogP contribution in [0.4, 0.5) is 11.4 Å². The van der Waals surface area contributed by atoms with Crippen LogP contribution < -0.4 is 20.1 Å². The van der Waals surface area contributed by atoms with Gasteiger partial charge in [0.15, 0.2) is 0 Å². The number of carbonyl (C=O) groups is 2. The van der Waals surface area contributed by atoms with Gasteiger partial charge in [-0.05, 0) is 64.2 Å². The fourth-order valence-electron chi connectivity index (χ4n) is 9.01. The summed E-state index contributed by atoms with van der Waals surface area (Å²) < 4.78 is 12.7. The fourth-order valence-corrected chi connectivity index (χ4v) is 9.01. The third kappa shape index (κ3) is 23.4. The van der Waals surface area contributed by atoms with Crippen LogP contribution in [0.25, 0.3) is 21.5 Å². The van der Waals surface area contributed by atoms with E-state index < -0.39 is 0 Å². The van der Waals surface area contributed by atoms with Crippen molar-refractivity contribution < 1.29 is 19.1 Å². The predicted molar refractivity (Wildman–Crippen MR) is 284 cm³/mol. The summed E-state index contributed by atoms with van der Waals surface area (Å²) in [5, 5.41) is 10.5. The van der Waals surface area contributed by atoms with Gasteiger partial charge in [0, 0.05) is 12.8 Å². The van der Waals surface area contributed by atoms with E-state index in [0.29, 0.717) is 35.7 Å². The molecule has 0 atom stereocenters. The first-order chi connectivity index (χ1) is 32.5. The Morgan fingerprint density at radius 1 is 0.394 bits per heavy atom. The van der Waals surface area contributed by atoms with Crippen molar-refractivity contribution in [1.29, 1.82) is 0 Å². The minimum absolute atomic E-state index is 0.0115. The van der Waals surface area contributed by atoms with Gasteiger partial charge in [0.05, 0.1) is 11.4 Å². The highest BCUT2D eigenvalue weighted by Crippen LogP contribution is 2.33. The molecule has 0 aliphatic heterocycles. The fraction of sp³-hybridized carbons (Fsp3) is 0.600. The van der Waals surface area contributed by atoms with E-state index in [1.807, 2.05) is 48.5 Å². The van der Waals surface area contributed by atoms with Gasteiger partial charge in [0.1, 0.15) is 24.7 Å². The molecule has 66 heavy (non-hydrogen) atoms. The van der Waals surface area contributed by atoms with Crippen molar-refractivity contribution in [3.05, 3.63) is 84.9 Å². The quantitative estimate of drug-likeness (QED) is 0.0344. The normalized spacial score (nSPS) is 11.3. The lowest BCUT2D eigenvalue weighted by atomic mass is 10.0. The summed E-state index contributed by atoms with van der Waals surface area (Å²) in [5.74, 6) is 1.24. The molecule has 2 N–H and O–H groups in total. The zero-order chi connectivity index (χ0) is 46.7. The average Bonchev–Trinajstić information content (AvgIpc) is 3.32. The number of hydrogen-bond acceptors (Lipinski definition) is 4. The highest BCUT2D eigenvalue weighted by atomic mass is 16.5. The molecule has 0 unspecified atom stereocenters. The van der Waals surface area contributed by atoms with E-state index in [0.717, 1.165) is 52.8 Å². The van der Waals surface area contributed by atoms with E-state index >= 15 is 0 Å². The minimum Gasteiger partial charge on any atom is -0.487 e. The Morgan fingerprint density at radius 3 is 0.939 bits per heavy atom. The van der Waals surface area contributed by atoms with Crippen LogP contribution in [0.3, 0.4) is 0 Å². The Bertz CT molecular complexity index is 1800. The Hall–Kier alpha value is -4.32. The van der Waals surface area contributed by atoms with Gasteiger partial charge in [-0.15, -0.1) is 0 Å². The molecule has 0 fully saturated rings. The van der Waals surface area contributed by atoms with E-state index in [2.05, 4.69) is 55.3 Å². The van der Waals surface area contributed by atoms with Crippen LogP contribution in [0.15, 0.2) is 84.9 Å². The van der Waals surface area contributed by atoms with Crippen LogP contribution in [0.5, 0.6) is 11.5 Å². The van der Waals surface area contributed by atoms with Gasteiger partial charge < -0.3 is 20.1 Å². The first kappa shape index (κ1) is 54.3. The van der Waals surface area contributed by atoms with Crippen molar-refractivity contribution >= 4 is 44.7 Å². The summed E-state index contributed by atoms with van der Waals surface area (Å²) in [6, 6.07) is 24.2. The third-order valence-electron chi connectivity index (χ3n) is 13.1. The van der Waals surface area contributed by atoms with Crippen molar-refractivity contribution in [2.45, 2.75) is 219 Å². The number of hydrogen-bond donors (Lipinski definition) is 2. The summed E-state index contributed by atoms with van der Waals surface area (Å²) in [6.45, 7) is 9.27. The molecule has 0 heterocycles. The highest BCUT2D eigenvalue weighted by Gasteiger charge is 2.14. The predicted octanol–water partition coefficient (Wildman–Crippen LogP) is 18.4. The smallest absolute Gasteiger partial charge is 0.224 e. The Balaban J connectivity index is 1.16. The van der Waals surface area contributed by atoms with Crippen molar-refractivity contribution in [2.24, 2.45) is 0 Å². The molecular weight excluding hydrogens is 813 g/mol. The molecule has 0 radical (unpaired) electrons. The molecular formula is C60H90N2O4. The number of unbranched alkanes of at least 4 members (excludes halogenated alkanes) is 28. The van der Waals surface area contributed by atoms with Gasteiger partial charge >= 0.3 is 0 Å². The maximum absolute atomic E-state index is 13.2. The van der Waals surface area contributed by atoms with E-state index in [4.69, 9.17) is 9.47 Å². The monoisotopic (exact) mass is 903 g/mol. The number of nitrogens with one attached hydrogen (secondary N) is 2. The van der Waals surface area contributed by atoms with E-state index in [9.17, 15) is 9.59 Å². The largest absolute Gasteiger partial charge is 0.487 e. The molecule has 0 saturated carbocycles. The van der Waals surface area contributed by atoms with Crippen molar-refractivity contribution in [3.63, 3.8) is 0 Å². The number of anilines is 2. The second kappa shape index (κ2) is 34.9. The zero-order valence-electron chi connectivity index (χ0n) is 41.8. The number of carbonyl (C=O) groups excluding carboxylic acids is 2. The average molecular weight is 903 g/mol. The molecule has 4 rings (SSSR count). The lowest BCUT2D eigenvalue weighted by Crippen LogP contribution is -2.15. The van der Waals surface area contributed by atoms with E-state index in [1.54, 1.807) is 0 Å². The van der Waals surface area contributed by atoms with E-state index in [1.165, 1.54) is 167 Å². The van der Waals surface area contributed by atoms with Crippen molar-refractivity contribution in [1.82, 2.24) is 0 Å². The minimum atomic E-state index is 0.0115. The number of amides is 2. The standard InChI is InChI=1S/C60H90N2O4/c1-4-6-8-10-12-14-16-18-20-22-24-26-28-30-32-42-59(63)61-55-44-51-38-34-36-40-53(51)46-57(55)65-48-50(3)49-66-58-47-54-41-37-35-39-52(54)45-56(58)62-60(64)43-33-31-29-27-25-23-21-19-17-15-13-11-9-7-5-2/h34-41,44-47H,3-33,42-43,48-49H2,1-2H3,(H,61,63)(H,62,64). The van der Waals surface area contributed by atoms with Gasteiger partial charge in [-0.2, -0.15) is 0 Å². The summed E-state index contributed by atoms with van der Waals surface area (Å²) in [7, 11) is 0. The topological polar surface area (TPSA) is 76.7 Å². The van der Waals surface area contributed by atoms with Crippen LogP contribution >= 0.6 is 0 Å². The Labute approximate surface area is 401 Å². The number of ether oxygens (including phenoxy) is 2. The van der Waals surface area contributed by atoms with Gasteiger partial charge in [0.2, 0.25) is 11.8 Å². The summed E-state index contributed by atoms with van der Waals surface area (Å²) in [6.07, 6.45) is 40.0. The maximum Gasteiger partial charge on any atom is 0.224 e. The van der Waals surface area contributed by atoms with Crippen LogP contribution in [-0.2, 0) is 9.59 Å². The second-order valence-corrected chi connectivity index (χ2v) is 19.2. The van der Waals surface area contributed by atoms with Gasteiger partial charge in [-0.3, -0.25) is 9.59 Å². The van der Waals surface area contributed by atoms with Crippen LogP contribution in [-0.4, -0.2) is 25.0 Å². The number of benzene rings is 4.